The number of esters is 1. The molecule has 0 saturated carbocycles. The molecule has 0 spiro atoms. The second-order valence-corrected chi connectivity index (χ2v) is 8.79. The predicted octanol–water partition coefficient (Wildman–Crippen LogP) is 2.88. The van der Waals surface area contributed by atoms with Crippen LogP contribution >= 0.6 is 0 Å². The van der Waals surface area contributed by atoms with E-state index in [9.17, 15) is 19.2 Å². The average molecular weight is 421 g/mol. The van der Waals surface area contributed by atoms with E-state index >= 15 is 0 Å². The summed E-state index contributed by atoms with van der Waals surface area (Å²) in [6.07, 6.45) is -1.70. The van der Waals surface area contributed by atoms with Gasteiger partial charge in [-0.1, -0.05) is 12.1 Å². The number of alkyl carbamates (subject to hydrolysis) is 1. The van der Waals surface area contributed by atoms with E-state index in [1.807, 2.05) is 0 Å². The number of rotatable bonds is 5. The number of nitrogens with one attached hydrogen (secondary N) is 3. The molecule has 3 N–H and O–H groups in total. The van der Waals surface area contributed by atoms with Crippen molar-refractivity contribution in [2.24, 2.45) is 0 Å². The Morgan fingerprint density at radius 3 is 2.03 bits per heavy atom. The maximum atomic E-state index is 12.2. The zero-order valence-corrected chi connectivity index (χ0v) is 18.5. The summed E-state index contributed by atoms with van der Waals surface area (Å²) in [6, 6.07) is 5.67. The first kappa shape index (κ1) is 24.9. The number of amides is 4. The van der Waals surface area contributed by atoms with E-state index in [4.69, 9.17) is 9.47 Å². The molecule has 4 amide bonds. The largest absolute Gasteiger partial charge is 0.449 e. The van der Waals surface area contributed by atoms with Crippen molar-refractivity contribution in [3.05, 3.63) is 35.4 Å². The van der Waals surface area contributed by atoms with Crippen molar-refractivity contribution in [1.29, 1.82) is 0 Å². The second kappa shape index (κ2) is 10.1. The molecule has 0 aromatic heterocycles. The Bertz CT molecular complexity index is 775. The molecule has 9 nitrogen and oxygen atoms in total. The highest BCUT2D eigenvalue weighted by Gasteiger charge is 2.22. The molecule has 0 aliphatic rings. The summed E-state index contributed by atoms with van der Waals surface area (Å²) in [5.41, 5.74) is -0.116. The molecule has 0 radical (unpaired) electrons. The first-order chi connectivity index (χ1) is 13.7. The fourth-order valence-corrected chi connectivity index (χ4v) is 2.11. The molecule has 1 atom stereocenters. The lowest BCUT2D eigenvalue weighted by Crippen LogP contribution is -2.50. The second-order valence-electron chi connectivity index (χ2n) is 8.79. The minimum Gasteiger partial charge on any atom is -0.449 e. The molecule has 0 saturated heterocycles. The quantitative estimate of drug-likeness (QED) is 0.628. The molecule has 0 aliphatic carbocycles. The normalized spacial score (nSPS) is 12.4. The van der Waals surface area contributed by atoms with Crippen LogP contribution in [0.15, 0.2) is 24.3 Å². The number of carbonyl (C=O) groups is 4. The SMILES string of the molecule is CC(OC(=O)c1ccc(CNC(=O)OC(C)(C)C)cc1)C(=O)NC(=O)NC(C)(C)C. The first-order valence-electron chi connectivity index (χ1n) is 9.56. The molecule has 0 fully saturated rings. The molecular formula is C21H31N3O6. The Hall–Kier alpha value is -3.10. The highest BCUT2D eigenvalue weighted by atomic mass is 16.6. The highest BCUT2D eigenvalue weighted by molar-refractivity contribution is 5.98. The third-order valence-corrected chi connectivity index (χ3v) is 3.40. The van der Waals surface area contributed by atoms with Crippen LogP contribution < -0.4 is 16.0 Å². The van der Waals surface area contributed by atoms with Crippen molar-refractivity contribution in [2.75, 3.05) is 0 Å². The van der Waals surface area contributed by atoms with Crippen LogP contribution in [-0.4, -0.2) is 41.2 Å². The van der Waals surface area contributed by atoms with Crippen molar-refractivity contribution < 1.29 is 28.7 Å². The maximum absolute atomic E-state index is 12.2. The number of imide groups is 1. The van der Waals surface area contributed by atoms with Crippen molar-refractivity contribution in [3.8, 4) is 0 Å². The fraction of sp³-hybridized carbons (Fsp3) is 0.524. The van der Waals surface area contributed by atoms with Crippen molar-refractivity contribution in [3.63, 3.8) is 0 Å². The molecule has 30 heavy (non-hydrogen) atoms. The van der Waals surface area contributed by atoms with Crippen LogP contribution in [0.25, 0.3) is 0 Å². The summed E-state index contributed by atoms with van der Waals surface area (Å²) in [5, 5.41) is 7.32. The summed E-state index contributed by atoms with van der Waals surface area (Å²) >= 11 is 0. The first-order valence-corrected chi connectivity index (χ1v) is 9.56. The molecule has 1 aromatic carbocycles. The zero-order chi connectivity index (χ0) is 23.1. The highest BCUT2D eigenvalue weighted by Crippen LogP contribution is 2.09. The molecule has 1 rings (SSSR count). The lowest BCUT2D eigenvalue weighted by atomic mass is 10.1. The lowest BCUT2D eigenvalue weighted by Gasteiger charge is -2.21. The number of urea groups is 1. The molecule has 1 unspecified atom stereocenters. The van der Waals surface area contributed by atoms with Gasteiger partial charge in [0.1, 0.15) is 5.60 Å². The Morgan fingerprint density at radius 1 is 0.967 bits per heavy atom. The topological polar surface area (TPSA) is 123 Å². The summed E-state index contributed by atoms with van der Waals surface area (Å²) in [5.74, 6) is -1.44. The lowest BCUT2D eigenvalue weighted by molar-refractivity contribution is -0.127. The molecule has 1 aromatic rings. The van der Waals surface area contributed by atoms with Crippen LogP contribution in [0.1, 0.15) is 64.4 Å². The van der Waals surface area contributed by atoms with Gasteiger partial charge in [-0.3, -0.25) is 10.1 Å². The monoisotopic (exact) mass is 421 g/mol. The van der Waals surface area contributed by atoms with E-state index in [-0.39, 0.29) is 12.1 Å². The molecule has 0 bridgehead atoms. The number of carbonyl (C=O) groups excluding carboxylic acids is 4. The summed E-state index contributed by atoms with van der Waals surface area (Å²) in [6.45, 7) is 12.2. The van der Waals surface area contributed by atoms with Gasteiger partial charge >= 0.3 is 18.1 Å². The van der Waals surface area contributed by atoms with Gasteiger partial charge in [0.15, 0.2) is 6.10 Å². The van der Waals surface area contributed by atoms with Gasteiger partial charge in [-0.05, 0) is 66.2 Å². The van der Waals surface area contributed by atoms with Crippen LogP contribution in [0.4, 0.5) is 9.59 Å². The van der Waals surface area contributed by atoms with E-state index in [1.54, 1.807) is 53.7 Å². The summed E-state index contributed by atoms with van der Waals surface area (Å²) in [4.78, 5) is 47.6. The van der Waals surface area contributed by atoms with Crippen molar-refractivity contribution >= 4 is 24.0 Å². The molecule has 0 heterocycles. The van der Waals surface area contributed by atoms with Gasteiger partial charge in [-0.15, -0.1) is 0 Å². The molecule has 166 valence electrons. The Labute approximate surface area is 176 Å². The minimum absolute atomic E-state index is 0.228. The van der Waals surface area contributed by atoms with Crippen molar-refractivity contribution in [1.82, 2.24) is 16.0 Å². The van der Waals surface area contributed by atoms with Gasteiger partial charge in [0, 0.05) is 12.1 Å². The van der Waals surface area contributed by atoms with Crippen LogP contribution in [0.3, 0.4) is 0 Å². The fourth-order valence-electron chi connectivity index (χ4n) is 2.11. The van der Waals surface area contributed by atoms with Gasteiger partial charge in [0.05, 0.1) is 5.56 Å². The predicted molar refractivity (Wildman–Crippen MR) is 111 cm³/mol. The third-order valence-electron chi connectivity index (χ3n) is 3.40. The molecule has 0 aliphatic heterocycles. The molecular weight excluding hydrogens is 390 g/mol. The van der Waals surface area contributed by atoms with Gasteiger partial charge in [0.25, 0.3) is 5.91 Å². The van der Waals surface area contributed by atoms with Gasteiger partial charge in [-0.25, -0.2) is 14.4 Å². The number of ether oxygens (including phenoxy) is 2. The number of benzene rings is 1. The maximum Gasteiger partial charge on any atom is 0.407 e. The van der Waals surface area contributed by atoms with Crippen LogP contribution in [0.5, 0.6) is 0 Å². The summed E-state index contributed by atoms with van der Waals surface area (Å²) in [7, 11) is 0. The summed E-state index contributed by atoms with van der Waals surface area (Å²) < 4.78 is 10.3. The van der Waals surface area contributed by atoms with Gasteiger partial charge < -0.3 is 20.1 Å². The smallest absolute Gasteiger partial charge is 0.407 e. The van der Waals surface area contributed by atoms with E-state index < -0.39 is 41.2 Å². The number of hydrogen-bond acceptors (Lipinski definition) is 6. The van der Waals surface area contributed by atoms with E-state index in [0.29, 0.717) is 0 Å². The zero-order valence-electron chi connectivity index (χ0n) is 18.5. The van der Waals surface area contributed by atoms with E-state index in [0.717, 1.165) is 5.56 Å². The standard InChI is InChI=1S/C21H31N3O6/c1-13(16(25)23-18(27)24-20(2,3)4)29-17(26)15-10-8-14(9-11-15)12-22-19(28)30-21(5,6)7/h8-11,13H,12H2,1-7H3,(H,22,28)(H2,23,24,25,27). The number of hydrogen-bond donors (Lipinski definition) is 3. The van der Waals surface area contributed by atoms with Crippen LogP contribution in [-0.2, 0) is 20.8 Å². The Morgan fingerprint density at radius 2 is 1.53 bits per heavy atom. The average Bonchev–Trinajstić information content (AvgIpc) is 2.57. The van der Waals surface area contributed by atoms with E-state index in [1.165, 1.54) is 19.1 Å². The Kier molecular flexibility index (Phi) is 8.38. The van der Waals surface area contributed by atoms with E-state index in [2.05, 4.69) is 16.0 Å². The van der Waals surface area contributed by atoms with Crippen molar-refractivity contribution in [2.45, 2.75) is 72.3 Å². The van der Waals surface area contributed by atoms with Crippen LogP contribution in [0, 0.1) is 0 Å². The third kappa shape index (κ3) is 9.90. The minimum atomic E-state index is -1.16. The Balaban J connectivity index is 2.55. The van der Waals surface area contributed by atoms with Crippen LogP contribution in [0.2, 0.25) is 0 Å². The van der Waals surface area contributed by atoms with Gasteiger partial charge in [-0.2, -0.15) is 0 Å². The molecule has 9 heteroatoms. The van der Waals surface area contributed by atoms with Gasteiger partial charge in [0.2, 0.25) is 0 Å².